The van der Waals surface area contributed by atoms with Gasteiger partial charge in [-0.3, -0.25) is 14.8 Å². The van der Waals surface area contributed by atoms with Crippen LogP contribution in [0.15, 0.2) is 63.1 Å². The van der Waals surface area contributed by atoms with E-state index in [2.05, 4.69) is 9.98 Å². The van der Waals surface area contributed by atoms with Crippen molar-refractivity contribution in [3.63, 3.8) is 0 Å². The second kappa shape index (κ2) is 7.36. The van der Waals surface area contributed by atoms with Gasteiger partial charge in [-0.1, -0.05) is 23.8 Å². The van der Waals surface area contributed by atoms with E-state index in [0.717, 1.165) is 10.1 Å². The highest BCUT2D eigenvalue weighted by Gasteiger charge is 2.18. The van der Waals surface area contributed by atoms with Crippen LogP contribution in [0.1, 0.15) is 28.4 Å². The number of carbonyl (C=O) groups is 1. The summed E-state index contributed by atoms with van der Waals surface area (Å²) in [5, 5.41) is 19.7. The monoisotopic (exact) mass is 379 g/mol. The molecule has 0 atom stereocenters. The summed E-state index contributed by atoms with van der Waals surface area (Å²) >= 11 is 0. The maximum Gasteiger partial charge on any atom is 0.335 e. The second-order valence-corrected chi connectivity index (χ2v) is 6.18. The Morgan fingerprint density at radius 1 is 1.11 bits per heavy atom. The van der Waals surface area contributed by atoms with Crippen LogP contribution in [-0.2, 0) is 0 Å². The van der Waals surface area contributed by atoms with E-state index < -0.39 is 23.1 Å². The van der Waals surface area contributed by atoms with E-state index in [1.807, 2.05) is 6.92 Å². The molecule has 0 bridgehead atoms. The zero-order valence-electron chi connectivity index (χ0n) is 15.1. The fourth-order valence-electron chi connectivity index (χ4n) is 2.74. The molecule has 0 aliphatic rings. The first-order valence-corrected chi connectivity index (χ1v) is 8.32. The lowest BCUT2D eigenvalue weighted by molar-refractivity contribution is 0.0697. The molecular formula is C20H17N3O5. The summed E-state index contributed by atoms with van der Waals surface area (Å²) in [5.74, 6) is -1.66. The predicted octanol–water partition coefficient (Wildman–Crippen LogP) is 2.38. The second-order valence-electron chi connectivity index (χ2n) is 6.18. The Bertz CT molecular complexity index is 1200. The third-order valence-corrected chi connectivity index (χ3v) is 4.13. The van der Waals surface area contributed by atoms with E-state index in [1.165, 1.54) is 25.1 Å². The van der Waals surface area contributed by atoms with Crippen molar-refractivity contribution in [3.05, 3.63) is 86.1 Å². The normalized spacial score (nSPS) is 11.4. The van der Waals surface area contributed by atoms with Crippen molar-refractivity contribution >= 4 is 17.4 Å². The number of aromatic nitrogens is 2. The maximum absolute atomic E-state index is 12.3. The molecule has 3 aromatic rings. The molecule has 1 heterocycles. The molecule has 0 saturated carbocycles. The van der Waals surface area contributed by atoms with Crippen molar-refractivity contribution in [2.45, 2.75) is 13.8 Å². The summed E-state index contributed by atoms with van der Waals surface area (Å²) in [7, 11) is 0. The Kier molecular flexibility index (Phi) is 4.95. The van der Waals surface area contributed by atoms with E-state index in [-0.39, 0.29) is 16.8 Å². The number of carboxylic acid groups (broad SMARTS) is 1. The van der Waals surface area contributed by atoms with Gasteiger partial charge < -0.3 is 10.2 Å². The van der Waals surface area contributed by atoms with Gasteiger partial charge in [-0.25, -0.2) is 14.2 Å². The van der Waals surface area contributed by atoms with E-state index in [9.17, 15) is 19.5 Å². The van der Waals surface area contributed by atoms with E-state index in [4.69, 9.17) is 5.11 Å². The lowest BCUT2D eigenvalue weighted by Gasteiger charge is -2.11. The summed E-state index contributed by atoms with van der Waals surface area (Å²) in [6.45, 7) is 3.37. The largest absolute Gasteiger partial charge is 0.493 e. The van der Waals surface area contributed by atoms with Crippen molar-refractivity contribution in [2.24, 2.45) is 4.99 Å². The fraction of sp³-hybridized carbons (Fsp3) is 0.100. The molecular weight excluding hydrogens is 362 g/mol. The predicted molar refractivity (Wildman–Crippen MR) is 104 cm³/mol. The van der Waals surface area contributed by atoms with Crippen LogP contribution in [0, 0.1) is 6.92 Å². The van der Waals surface area contributed by atoms with Crippen LogP contribution in [0.25, 0.3) is 5.69 Å². The van der Waals surface area contributed by atoms with Gasteiger partial charge in [0.25, 0.3) is 5.56 Å². The van der Waals surface area contributed by atoms with Crippen LogP contribution in [0.4, 0.5) is 5.69 Å². The summed E-state index contributed by atoms with van der Waals surface area (Å²) in [5.41, 5.74) is 0.0599. The average Bonchev–Trinajstić information content (AvgIpc) is 2.63. The van der Waals surface area contributed by atoms with Gasteiger partial charge in [0.15, 0.2) is 0 Å². The molecule has 142 valence electrons. The number of aromatic hydroxyl groups is 1. The van der Waals surface area contributed by atoms with E-state index in [0.29, 0.717) is 11.4 Å². The number of H-pyrrole nitrogens is 1. The van der Waals surface area contributed by atoms with E-state index >= 15 is 0 Å². The third kappa shape index (κ3) is 3.61. The Labute approximate surface area is 159 Å². The number of aromatic amines is 1. The summed E-state index contributed by atoms with van der Waals surface area (Å²) < 4.78 is 0.975. The number of nitrogens with zero attached hydrogens (tertiary/aromatic N) is 2. The molecule has 8 nitrogen and oxygen atoms in total. The number of carboxylic acids is 1. The minimum Gasteiger partial charge on any atom is -0.493 e. The molecule has 8 heteroatoms. The highest BCUT2D eigenvalue weighted by molar-refractivity contribution is 6.02. The maximum atomic E-state index is 12.3. The first kappa shape index (κ1) is 18.8. The molecule has 0 aliphatic heterocycles. The van der Waals surface area contributed by atoms with Gasteiger partial charge in [0.2, 0.25) is 5.88 Å². The molecule has 0 spiro atoms. The highest BCUT2D eigenvalue weighted by atomic mass is 16.4. The SMILES string of the molecule is CC(=Nc1cccc(C(=O)O)c1)c1c(O)n(-c2ccc(C)cc2)c(=O)[nH]c1=O. The molecule has 0 amide bonds. The summed E-state index contributed by atoms with van der Waals surface area (Å²) in [4.78, 5) is 42.0. The van der Waals surface area contributed by atoms with Crippen molar-refractivity contribution < 1.29 is 15.0 Å². The molecule has 0 saturated heterocycles. The topological polar surface area (TPSA) is 125 Å². The van der Waals surface area contributed by atoms with Gasteiger partial charge in [0.1, 0.15) is 5.56 Å². The van der Waals surface area contributed by atoms with Crippen molar-refractivity contribution in [1.29, 1.82) is 0 Å². The number of aryl methyl sites for hydroxylation is 1. The Hall–Kier alpha value is -3.94. The highest BCUT2D eigenvalue weighted by Crippen LogP contribution is 2.20. The number of nitrogens with one attached hydrogen (secondary N) is 1. The first-order chi connectivity index (χ1) is 13.3. The molecule has 0 fully saturated rings. The first-order valence-electron chi connectivity index (χ1n) is 8.32. The standard InChI is InChI=1S/C20H17N3O5/c1-11-6-8-15(9-7-11)23-18(25)16(17(24)22-20(23)28)12(2)21-14-5-3-4-13(10-14)19(26)27/h3-10,25H,1-2H3,(H,26,27)(H,22,24,28). The van der Waals surface area contributed by atoms with Crippen LogP contribution in [0.2, 0.25) is 0 Å². The van der Waals surface area contributed by atoms with Crippen LogP contribution in [0.5, 0.6) is 5.88 Å². The Morgan fingerprint density at radius 3 is 2.43 bits per heavy atom. The average molecular weight is 379 g/mol. The van der Waals surface area contributed by atoms with Gasteiger partial charge in [-0.05, 0) is 44.2 Å². The Morgan fingerprint density at radius 2 is 1.79 bits per heavy atom. The molecule has 3 rings (SSSR count). The van der Waals surface area contributed by atoms with Gasteiger partial charge in [0.05, 0.1) is 22.6 Å². The van der Waals surface area contributed by atoms with Gasteiger partial charge in [-0.2, -0.15) is 0 Å². The smallest absolute Gasteiger partial charge is 0.335 e. The number of aliphatic imine (C=N–C) groups is 1. The zero-order valence-corrected chi connectivity index (χ0v) is 15.1. The summed E-state index contributed by atoms with van der Waals surface area (Å²) in [6, 6.07) is 12.7. The van der Waals surface area contributed by atoms with Crippen LogP contribution in [-0.4, -0.2) is 31.4 Å². The van der Waals surface area contributed by atoms with Crippen LogP contribution < -0.4 is 11.2 Å². The minimum absolute atomic E-state index is 0.0387. The van der Waals surface area contributed by atoms with Gasteiger partial charge in [-0.15, -0.1) is 0 Å². The summed E-state index contributed by atoms with van der Waals surface area (Å²) in [6.07, 6.45) is 0. The Balaban J connectivity index is 2.16. The molecule has 0 unspecified atom stereocenters. The number of rotatable bonds is 4. The van der Waals surface area contributed by atoms with Crippen molar-refractivity contribution in [3.8, 4) is 11.6 Å². The third-order valence-electron chi connectivity index (χ3n) is 4.13. The fourth-order valence-corrected chi connectivity index (χ4v) is 2.74. The van der Waals surface area contributed by atoms with Gasteiger partial charge >= 0.3 is 11.7 Å². The minimum atomic E-state index is -1.11. The number of benzene rings is 2. The van der Waals surface area contributed by atoms with E-state index in [1.54, 1.807) is 30.3 Å². The van der Waals surface area contributed by atoms with Crippen molar-refractivity contribution in [2.75, 3.05) is 0 Å². The molecule has 0 aliphatic carbocycles. The number of hydrogen-bond acceptors (Lipinski definition) is 5. The number of aromatic carboxylic acids is 1. The quantitative estimate of drug-likeness (QED) is 0.600. The van der Waals surface area contributed by atoms with Crippen LogP contribution in [0.3, 0.4) is 0 Å². The molecule has 0 radical (unpaired) electrons. The van der Waals surface area contributed by atoms with Crippen molar-refractivity contribution in [1.82, 2.24) is 9.55 Å². The lowest BCUT2D eigenvalue weighted by Crippen LogP contribution is -2.32. The van der Waals surface area contributed by atoms with Gasteiger partial charge in [0, 0.05) is 0 Å². The molecule has 3 N–H and O–H groups in total. The number of hydrogen-bond donors (Lipinski definition) is 3. The van der Waals surface area contributed by atoms with Crippen LogP contribution >= 0.6 is 0 Å². The molecule has 2 aromatic carbocycles. The lowest BCUT2D eigenvalue weighted by atomic mass is 10.1. The zero-order chi connectivity index (χ0) is 20.4. The molecule has 1 aromatic heterocycles. The molecule has 28 heavy (non-hydrogen) atoms.